The highest BCUT2D eigenvalue weighted by Gasteiger charge is 2.49. The number of para-hydroxylation sites is 1. The molecular weight excluding hydrogens is 398 g/mol. The largest absolute Gasteiger partial charge is 0.480 e. The maximum atomic E-state index is 14.2. The Morgan fingerprint density at radius 2 is 1.90 bits per heavy atom. The lowest BCUT2D eigenvalue weighted by Crippen LogP contribution is -2.46. The third-order valence-corrected chi connectivity index (χ3v) is 5.28. The number of nitrogens with zero attached hydrogens (tertiary/aromatic N) is 1. The van der Waals surface area contributed by atoms with E-state index in [-0.39, 0.29) is 5.56 Å². The normalized spacial score (nSPS) is 21.3. The van der Waals surface area contributed by atoms with Crippen molar-refractivity contribution in [2.75, 3.05) is 19.8 Å². The van der Waals surface area contributed by atoms with Crippen LogP contribution in [0.1, 0.15) is 16.8 Å². The zero-order chi connectivity index (χ0) is 21.5. The van der Waals surface area contributed by atoms with Gasteiger partial charge in [-0.1, -0.05) is 18.2 Å². The zero-order valence-electron chi connectivity index (χ0n) is 15.7. The van der Waals surface area contributed by atoms with Crippen molar-refractivity contribution in [3.05, 3.63) is 48.0 Å². The summed E-state index contributed by atoms with van der Waals surface area (Å²) in [6.45, 7) is -2.59. The standard InChI is InChI=1S/C21H18F2N2O5/c22-10-21(23)8-15(20(28)29)25(11-21)18(26)9-24-19(27)12-5-6-14-13-3-1-2-4-16(13)30-17(14)7-12/h1-7,15H,8-11H2,(H,24,27)(H,28,29)/t15-,21-/m0/s1. The molecule has 2 aromatic carbocycles. The van der Waals surface area contributed by atoms with Crippen molar-refractivity contribution < 1.29 is 32.7 Å². The summed E-state index contributed by atoms with van der Waals surface area (Å²) in [6, 6.07) is 10.8. The average Bonchev–Trinajstić information content (AvgIpc) is 3.30. The lowest BCUT2D eigenvalue weighted by Gasteiger charge is -2.21. The summed E-state index contributed by atoms with van der Waals surface area (Å²) in [5.74, 6) is -2.79. The maximum Gasteiger partial charge on any atom is 0.326 e. The molecule has 1 aliphatic heterocycles. The number of aliphatic carboxylic acids is 1. The number of carbonyl (C=O) groups excluding carboxylic acids is 2. The Labute approximate surface area is 169 Å². The van der Waals surface area contributed by atoms with Crippen LogP contribution in [0, 0.1) is 0 Å². The fraction of sp³-hybridized carbons (Fsp3) is 0.286. The number of alkyl halides is 2. The molecule has 156 valence electrons. The van der Waals surface area contributed by atoms with Gasteiger partial charge in [-0.25, -0.2) is 13.6 Å². The molecule has 9 heteroatoms. The van der Waals surface area contributed by atoms with Crippen LogP contribution in [0.5, 0.6) is 0 Å². The third kappa shape index (κ3) is 3.47. The number of amides is 2. The summed E-state index contributed by atoms with van der Waals surface area (Å²) in [7, 11) is 0. The van der Waals surface area contributed by atoms with Crippen molar-refractivity contribution in [3.63, 3.8) is 0 Å². The van der Waals surface area contributed by atoms with Gasteiger partial charge in [0.05, 0.1) is 13.1 Å². The van der Waals surface area contributed by atoms with Crippen LogP contribution < -0.4 is 5.32 Å². The van der Waals surface area contributed by atoms with Crippen LogP contribution in [0.4, 0.5) is 8.78 Å². The fourth-order valence-corrected chi connectivity index (χ4v) is 3.74. The van der Waals surface area contributed by atoms with Gasteiger partial charge in [0.1, 0.15) is 23.9 Å². The summed E-state index contributed by atoms with van der Waals surface area (Å²) in [5.41, 5.74) is -0.966. The number of hydrogen-bond acceptors (Lipinski definition) is 4. The molecule has 1 aliphatic rings. The quantitative estimate of drug-likeness (QED) is 0.666. The topological polar surface area (TPSA) is 99.9 Å². The van der Waals surface area contributed by atoms with E-state index in [0.717, 1.165) is 15.7 Å². The molecule has 2 amide bonds. The second kappa shape index (κ2) is 7.40. The van der Waals surface area contributed by atoms with E-state index < -0.39 is 55.7 Å². The number of nitrogens with one attached hydrogen (secondary N) is 1. The second-order valence-corrected chi connectivity index (χ2v) is 7.36. The Morgan fingerprint density at radius 1 is 1.17 bits per heavy atom. The first-order chi connectivity index (χ1) is 14.3. The SMILES string of the molecule is O=C(NCC(=O)N1C[C@@](F)(CF)C[C@H]1C(=O)O)c1ccc2c(c1)oc1ccccc12. The summed E-state index contributed by atoms with van der Waals surface area (Å²) in [5, 5.41) is 13.3. The van der Waals surface area contributed by atoms with Gasteiger partial charge in [-0.2, -0.15) is 0 Å². The third-order valence-electron chi connectivity index (χ3n) is 5.28. The van der Waals surface area contributed by atoms with Crippen molar-refractivity contribution in [2.45, 2.75) is 18.1 Å². The highest BCUT2D eigenvalue weighted by Crippen LogP contribution is 2.32. The summed E-state index contributed by atoms with van der Waals surface area (Å²) < 4.78 is 32.9. The van der Waals surface area contributed by atoms with Crippen molar-refractivity contribution in [1.29, 1.82) is 0 Å². The van der Waals surface area contributed by atoms with Gasteiger partial charge in [-0.3, -0.25) is 9.59 Å². The van der Waals surface area contributed by atoms with Crippen molar-refractivity contribution in [3.8, 4) is 0 Å². The van der Waals surface area contributed by atoms with E-state index in [1.807, 2.05) is 24.3 Å². The zero-order valence-corrected chi connectivity index (χ0v) is 15.7. The lowest BCUT2D eigenvalue weighted by molar-refractivity contribution is -0.147. The van der Waals surface area contributed by atoms with Crippen LogP contribution in [-0.4, -0.2) is 59.3 Å². The maximum absolute atomic E-state index is 14.2. The molecule has 2 heterocycles. The van der Waals surface area contributed by atoms with Gasteiger partial charge in [0.2, 0.25) is 5.91 Å². The predicted octanol–water partition coefficient (Wildman–Crippen LogP) is 2.68. The van der Waals surface area contributed by atoms with E-state index in [9.17, 15) is 28.3 Å². The van der Waals surface area contributed by atoms with E-state index >= 15 is 0 Å². The van der Waals surface area contributed by atoms with E-state index in [1.165, 1.54) is 0 Å². The number of carboxylic acids is 1. The number of hydrogen-bond donors (Lipinski definition) is 2. The molecule has 4 rings (SSSR count). The van der Waals surface area contributed by atoms with Crippen LogP contribution in [0.25, 0.3) is 21.9 Å². The number of halogens is 2. The number of carbonyl (C=O) groups is 3. The molecule has 1 aromatic heterocycles. The first-order valence-electron chi connectivity index (χ1n) is 9.28. The van der Waals surface area contributed by atoms with E-state index in [2.05, 4.69) is 5.32 Å². The van der Waals surface area contributed by atoms with E-state index in [4.69, 9.17) is 4.42 Å². The number of fused-ring (bicyclic) bond motifs is 3. The Kier molecular flexibility index (Phi) is 4.89. The first kappa shape index (κ1) is 19.8. The van der Waals surface area contributed by atoms with Crippen molar-refractivity contribution in [2.24, 2.45) is 0 Å². The smallest absolute Gasteiger partial charge is 0.326 e. The van der Waals surface area contributed by atoms with Crippen LogP contribution in [-0.2, 0) is 9.59 Å². The molecule has 0 spiro atoms. The van der Waals surface area contributed by atoms with Crippen molar-refractivity contribution >= 4 is 39.7 Å². The molecular formula is C21H18F2N2O5. The molecule has 2 N–H and O–H groups in total. The molecule has 30 heavy (non-hydrogen) atoms. The van der Waals surface area contributed by atoms with Gasteiger partial charge in [0, 0.05) is 22.8 Å². The second-order valence-electron chi connectivity index (χ2n) is 7.36. The van der Waals surface area contributed by atoms with Gasteiger partial charge in [0.15, 0.2) is 5.67 Å². The molecule has 7 nitrogen and oxygen atoms in total. The molecule has 1 saturated heterocycles. The molecule has 2 atom stereocenters. The van der Waals surface area contributed by atoms with Gasteiger partial charge in [0.25, 0.3) is 5.91 Å². The minimum absolute atomic E-state index is 0.245. The monoisotopic (exact) mass is 416 g/mol. The van der Waals surface area contributed by atoms with Gasteiger partial charge < -0.3 is 19.7 Å². The first-order valence-corrected chi connectivity index (χ1v) is 9.28. The van der Waals surface area contributed by atoms with Crippen LogP contribution >= 0.6 is 0 Å². The average molecular weight is 416 g/mol. The Hall–Kier alpha value is -3.49. The Balaban J connectivity index is 1.47. The molecule has 0 bridgehead atoms. The predicted molar refractivity (Wildman–Crippen MR) is 104 cm³/mol. The fourth-order valence-electron chi connectivity index (χ4n) is 3.74. The Bertz CT molecular complexity index is 1160. The minimum atomic E-state index is -2.39. The number of likely N-dealkylation sites (tertiary alicyclic amines) is 1. The number of rotatable bonds is 5. The van der Waals surface area contributed by atoms with E-state index in [1.54, 1.807) is 18.2 Å². The number of carboxylic acid groups (broad SMARTS) is 1. The lowest BCUT2D eigenvalue weighted by atomic mass is 10.0. The van der Waals surface area contributed by atoms with Gasteiger partial charge in [-0.15, -0.1) is 0 Å². The molecule has 0 unspecified atom stereocenters. The van der Waals surface area contributed by atoms with Gasteiger partial charge in [-0.05, 0) is 24.3 Å². The van der Waals surface area contributed by atoms with Crippen molar-refractivity contribution in [1.82, 2.24) is 10.2 Å². The highest BCUT2D eigenvalue weighted by molar-refractivity contribution is 6.07. The minimum Gasteiger partial charge on any atom is -0.480 e. The van der Waals surface area contributed by atoms with Crippen LogP contribution in [0.2, 0.25) is 0 Å². The number of furan rings is 1. The van der Waals surface area contributed by atoms with E-state index in [0.29, 0.717) is 11.2 Å². The summed E-state index contributed by atoms with van der Waals surface area (Å²) in [4.78, 5) is 36.9. The number of benzene rings is 2. The summed E-state index contributed by atoms with van der Waals surface area (Å²) in [6.07, 6.45) is -0.624. The molecule has 1 fully saturated rings. The molecule has 3 aromatic rings. The Morgan fingerprint density at radius 3 is 2.63 bits per heavy atom. The summed E-state index contributed by atoms with van der Waals surface area (Å²) >= 11 is 0. The van der Waals surface area contributed by atoms with Crippen LogP contribution in [0.3, 0.4) is 0 Å². The highest BCUT2D eigenvalue weighted by atomic mass is 19.2. The van der Waals surface area contributed by atoms with Gasteiger partial charge >= 0.3 is 5.97 Å². The van der Waals surface area contributed by atoms with Crippen LogP contribution in [0.15, 0.2) is 46.9 Å². The molecule has 0 radical (unpaired) electrons. The molecule has 0 aliphatic carbocycles. The molecule has 0 saturated carbocycles.